The van der Waals surface area contributed by atoms with Crippen molar-refractivity contribution in [1.82, 2.24) is 10.2 Å². The Morgan fingerprint density at radius 3 is 2.30 bits per heavy atom. The number of nitrogens with one attached hydrogen (secondary N) is 1. The summed E-state index contributed by atoms with van der Waals surface area (Å²) < 4.78 is 0. The van der Waals surface area contributed by atoms with Gasteiger partial charge in [0.05, 0.1) is 15.7 Å². The number of likely N-dealkylation sites (N-methyl/N-ethyl adjacent to an activating group) is 1. The van der Waals surface area contributed by atoms with Gasteiger partial charge in [0, 0.05) is 17.6 Å². The third-order valence-electron chi connectivity index (χ3n) is 4.15. The first-order chi connectivity index (χ1) is 9.35. The quantitative estimate of drug-likeness (QED) is 0.840. The molecule has 0 atom stereocenters. The minimum Gasteiger partial charge on any atom is -0.396 e. The van der Waals surface area contributed by atoms with E-state index in [1.165, 1.54) is 6.42 Å². The number of anilines is 1. The molecule has 3 N–H and O–H groups in total. The van der Waals surface area contributed by atoms with E-state index in [1.807, 2.05) is 14.1 Å². The molecule has 1 saturated carbocycles. The summed E-state index contributed by atoms with van der Waals surface area (Å²) >= 11 is 11.9. The zero-order valence-corrected chi connectivity index (χ0v) is 13.2. The Bertz CT molecular complexity index is 504. The second kappa shape index (κ2) is 5.80. The molecule has 2 rings (SSSR count). The summed E-state index contributed by atoms with van der Waals surface area (Å²) in [7, 11) is 4.09. The molecule has 6 heteroatoms. The molecule has 0 radical (unpaired) electrons. The van der Waals surface area contributed by atoms with Gasteiger partial charge in [-0.25, -0.2) is 0 Å². The van der Waals surface area contributed by atoms with Crippen molar-refractivity contribution < 1.29 is 4.79 Å². The minimum atomic E-state index is -0.179. The molecule has 1 fully saturated rings. The van der Waals surface area contributed by atoms with Gasteiger partial charge in [-0.2, -0.15) is 0 Å². The molecule has 1 amide bonds. The number of nitrogens with zero attached hydrogens (tertiary/aromatic N) is 1. The lowest BCUT2D eigenvalue weighted by molar-refractivity contribution is 0.0557. The maximum Gasteiger partial charge on any atom is 0.251 e. The molecular formula is C14H19Cl2N3O. The van der Waals surface area contributed by atoms with Crippen LogP contribution in [0.25, 0.3) is 0 Å². The van der Waals surface area contributed by atoms with Gasteiger partial charge < -0.3 is 16.0 Å². The molecule has 1 aromatic carbocycles. The Labute approximate surface area is 129 Å². The summed E-state index contributed by atoms with van der Waals surface area (Å²) in [5.74, 6) is -0.179. The zero-order chi connectivity index (χ0) is 14.9. The molecule has 1 aromatic rings. The second-order valence-electron chi connectivity index (χ2n) is 5.51. The highest BCUT2D eigenvalue weighted by Crippen LogP contribution is 2.35. The van der Waals surface area contributed by atoms with Crippen LogP contribution in [0.5, 0.6) is 0 Å². The molecule has 0 aromatic heterocycles. The van der Waals surface area contributed by atoms with Crippen LogP contribution < -0.4 is 11.1 Å². The third kappa shape index (κ3) is 2.87. The maximum absolute atomic E-state index is 12.2. The number of hydrogen-bond acceptors (Lipinski definition) is 3. The molecule has 110 valence electrons. The molecular weight excluding hydrogens is 297 g/mol. The first-order valence-electron chi connectivity index (χ1n) is 6.56. The van der Waals surface area contributed by atoms with Gasteiger partial charge >= 0.3 is 0 Å². The summed E-state index contributed by atoms with van der Waals surface area (Å²) in [5.41, 5.74) is 6.48. The summed E-state index contributed by atoms with van der Waals surface area (Å²) in [4.78, 5) is 14.4. The van der Waals surface area contributed by atoms with Crippen LogP contribution in [0.3, 0.4) is 0 Å². The molecule has 0 saturated heterocycles. The number of rotatable bonds is 4. The summed E-state index contributed by atoms with van der Waals surface area (Å²) in [6.45, 7) is 0.623. The van der Waals surface area contributed by atoms with Crippen LogP contribution in [-0.4, -0.2) is 37.0 Å². The number of nitrogens with two attached hydrogens (primary N) is 1. The maximum atomic E-state index is 12.2. The number of benzene rings is 1. The largest absolute Gasteiger partial charge is 0.396 e. The normalized spacial score (nSPS) is 16.9. The van der Waals surface area contributed by atoms with Gasteiger partial charge in [0.2, 0.25) is 0 Å². The topological polar surface area (TPSA) is 58.4 Å². The van der Waals surface area contributed by atoms with Crippen LogP contribution in [-0.2, 0) is 0 Å². The van der Waals surface area contributed by atoms with E-state index >= 15 is 0 Å². The summed E-state index contributed by atoms with van der Waals surface area (Å²) in [5, 5.41) is 3.56. The van der Waals surface area contributed by atoms with E-state index in [4.69, 9.17) is 28.9 Å². The zero-order valence-electron chi connectivity index (χ0n) is 11.7. The first kappa shape index (κ1) is 15.4. The average molecular weight is 316 g/mol. The molecule has 0 bridgehead atoms. The molecule has 0 unspecified atom stereocenters. The van der Waals surface area contributed by atoms with Crippen molar-refractivity contribution in [1.29, 1.82) is 0 Å². The first-order valence-corrected chi connectivity index (χ1v) is 7.31. The van der Waals surface area contributed by atoms with Crippen molar-refractivity contribution in [2.75, 3.05) is 26.4 Å². The predicted octanol–water partition coefficient (Wildman–Crippen LogP) is 2.79. The summed E-state index contributed by atoms with van der Waals surface area (Å²) in [6, 6.07) is 3.09. The lowest BCUT2D eigenvalue weighted by Gasteiger charge is -2.47. The highest BCUT2D eigenvalue weighted by Gasteiger charge is 2.39. The highest BCUT2D eigenvalue weighted by atomic mass is 35.5. The van der Waals surface area contributed by atoms with Gasteiger partial charge in [-0.1, -0.05) is 23.2 Å². The van der Waals surface area contributed by atoms with E-state index in [-0.39, 0.29) is 11.4 Å². The molecule has 1 aliphatic carbocycles. The Morgan fingerprint density at radius 1 is 1.35 bits per heavy atom. The third-order valence-corrected chi connectivity index (χ3v) is 4.78. The molecule has 0 aliphatic heterocycles. The van der Waals surface area contributed by atoms with Crippen LogP contribution >= 0.6 is 23.2 Å². The molecule has 20 heavy (non-hydrogen) atoms. The van der Waals surface area contributed by atoms with E-state index in [0.717, 1.165) is 12.8 Å². The molecule has 1 aliphatic rings. The smallest absolute Gasteiger partial charge is 0.251 e. The number of amides is 1. The Hall–Kier alpha value is -0.970. The van der Waals surface area contributed by atoms with Crippen molar-refractivity contribution in [3.05, 3.63) is 27.7 Å². The van der Waals surface area contributed by atoms with Crippen LogP contribution in [0.15, 0.2) is 12.1 Å². The number of carbonyl (C=O) groups is 1. The Morgan fingerprint density at radius 2 is 1.90 bits per heavy atom. The molecule has 0 heterocycles. The van der Waals surface area contributed by atoms with Gasteiger partial charge in [0.15, 0.2) is 0 Å². The van der Waals surface area contributed by atoms with Crippen molar-refractivity contribution in [2.45, 2.75) is 24.8 Å². The number of hydrogen-bond donors (Lipinski definition) is 2. The summed E-state index contributed by atoms with van der Waals surface area (Å²) in [6.07, 6.45) is 3.40. The van der Waals surface area contributed by atoms with Gasteiger partial charge in [-0.15, -0.1) is 0 Å². The fourth-order valence-corrected chi connectivity index (χ4v) is 2.92. The van der Waals surface area contributed by atoms with Gasteiger partial charge in [-0.3, -0.25) is 4.79 Å². The van der Waals surface area contributed by atoms with Crippen molar-refractivity contribution >= 4 is 34.8 Å². The van der Waals surface area contributed by atoms with E-state index in [0.29, 0.717) is 27.8 Å². The fraction of sp³-hybridized carbons (Fsp3) is 0.500. The van der Waals surface area contributed by atoms with Crippen molar-refractivity contribution in [3.63, 3.8) is 0 Å². The van der Waals surface area contributed by atoms with E-state index < -0.39 is 0 Å². The van der Waals surface area contributed by atoms with Gasteiger partial charge in [0.1, 0.15) is 0 Å². The average Bonchev–Trinajstić information content (AvgIpc) is 2.33. The van der Waals surface area contributed by atoms with Crippen LogP contribution in [0.2, 0.25) is 10.0 Å². The highest BCUT2D eigenvalue weighted by molar-refractivity contribution is 6.39. The SMILES string of the molecule is CN(C)C1(CNC(=O)c2cc(Cl)c(N)c(Cl)c2)CCC1. The number of halogens is 2. The van der Waals surface area contributed by atoms with Crippen LogP contribution in [0, 0.1) is 0 Å². The predicted molar refractivity (Wildman–Crippen MR) is 83.5 cm³/mol. The lowest BCUT2D eigenvalue weighted by Crippen LogP contribution is -2.57. The Balaban J connectivity index is 2.06. The molecule has 4 nitrogen and oxygen atoms in total. The van der Waals surface area contributed by atoms with E-state index in [1.54, 1.807) is 12.1 Å². The molecule has 0 spiro atoms. The van der Waals surface area contributed by atoms with E-state index in [2.05, 4.69) is 10.2 Å². The van der Waals surface area contributed by atoms with Crippen LogP contribution in [0.4, 0.5) is 5.69 Å². The van der Waals surface area contributed by atoms with Gasteiger partial charge in [0.25, 0.3) is 5.91 Å². The number of nitrogen functional groups attached to an aromatic ring is 1. The fourth-order valence-electron chi connectivity index (χ4n) is 2.43. The van der Waals surface area contributed by atoms with E-state index in [9.17, 15) is 4.79 Å². The van der Waals surface area contributed by atoms with Crippen molar-refractivity contribution in [3.8, 4) is 0 Å². The standard InChI is InChI=1S/C14H19Cl2N3O/c1-19(2)14(4-3-5-14)8-18-13(20)9-6-10(15)12(17)11(16)7-9/h6-7H,3-5,8,17H2,1-2H3,(H,18,20). The Kier molecular flexibility index (Phi) is 4.47. The monoisotopic (exact) mass is 315 g/mol. The minimum absolute atomic E-state index is 0.0804. The second-order valence-corrected chi connectivity index (χ2v) is 6.32. The van der Waals surface area contributed by atoms with Crippen LogP contribution in [0.1, 0.15) is 29.6 Å². The van der Waals surface area contributed by atoms with Gasteiger partial charge in [-0.05, 0) is 45.5 Å². The van der Waals surface area contributed by atoms with Crippen molar-refractivity contribution in [2.24, 2.45) is 0 Å². The number of carbonyl (C=O) groups excluding carboxylic acids is 1. The lowest BCUT2D eigenvalue weighted by atomic mass is 9.75.